The average Bonchev–Trinajstić information content (AvgIpc) is 3.06. The molecule has 6 nitrogen and oxygen atoms in total. The van der Waals surface area contributed by atoms with Crippen molar-refractivity contribution in [2.75, 3.05) is 5.32 Å². The summed E-state index contributed by atoms with van der Waals surface area (Å²) >= 11 is 0. The highest BCUT2D eigenvalue weighted by atomic mass is 16.4. The minimum atomic E-state index is -0.263. The van der Waals surface area contributed by atoms with Crippen LogP contribution in [0.1, 0.15) is 27.6 Å². The summed E-state index contributed by atoms with van der Waals surface area (Å²) in [6, 6.07) is 9.06. The molecule has 6 heteroatoms. The van der Waals surface area contributed by atoms with Crippen LogP contribution in [0.25, 0.3) is 11.5 Å². The largest absolute Gasteiger partial charge is 0.441 e. The van der Waals surface area contributed by atoms with Gasteiger partial charge >= 0.3 is 0 Å². The lowest BCUT2D eigenvalue weighted by molar-refractivity contribution is 0.102. The molecule has 3 aromatic rings. The van der Waals surface area contributed by atoms with Gasteiger partial charge in [-0.2, -0.15) is 5.10 Å². The van der Waals surface area contributed by atoms with Gasteiger partial charge in [-0.1, -0.05) is 6.07 Å². The first-order valence-electron chi connectivity index (χ1n) is 6.91. The topological polar surface area (TPSA) is 83.8 Å². The molecular formula is C16H16N4O2. The first-order chi connectivity index (χ1) is 10.5. The fraction of sp³-hybridized carbons (Fsp3) is 0.188. The second-order valence-corrected chi connectivity index (χ2v) is 5.13. The molecule has 2 N–H and O–H groups in total. The monoisotopic (exact) mass is 296 g/mol. The Morgan fingerprint density at radius 3 is 2.68 bits per heavy atom. The Labute approximate surface area is 127 Å². The minimum Gasteiger partial charge on any atom is -0.441 e. The number of amides is 1. The Hall–Kier alpha value is -2.89. The van der Waals surface area contributed by atoms with Crippen molar-refractivity contribution in [1.29, 1.82) is 0 Å². The van der Waals surface area contributed by atoms with Gasteiger partial charge in [0.25, 0.3) is 5.91 Å². The van der Waals surface area contributed by atoms with Gasteiger partial charge in [0.1, 0.15) is 5.76 Å². The number of aromatic amines is 1. The second kappa shape index (κ2) is 5.48. The molecule has 0 aliphatic rings. The number of rotatable bonds is 3. The molecule has 2 heterocycles. The van der Waals surface area contributed by atoms with Gasteiger partial charge in [0.2, 0.25) is 5.89 Å². The number of nitrogens with zero attached hydrogens (tertiary/aromatic N) is 2. The van der Waals surface area contributed by atoms with E-state index >= 15 is 0 Å². The summed E-state index contributed by atoms with van der Waals surface area (Å²) in [6.45, 7) is 5.61. The highest BCUT2D eigenvalue weighted by Gasteiger charge is 2.12. The number of aryl methyl sites for hydroxylation is 3. The first-order valence-corrected chi connectivity index (χ1v) is 6.91. The molecule has 112 valence electrons. The van der Waals surface area contributed by atoms with Crippen molar-refractivity contribution in [3.63, 3.8) is 0 Å². The number of aromatic nitrogens is 3. The van der Waals surface area contributed by atoms with Crippen LogP contribution in [0.3, 0.4) is 0 Å². The first kappa shape index (κ1) is 14.1. The van der Waals surface area contributed by atoms with E-state index in [4.69, 9.17) is 4.42 Å². The number of carbonyl (C=O) groups is 1. The third-order valence-electron chi connectivity index (χ3n) is 3.33. The summed E-state index contributed by atoms with van der Waals surface area (Å²) in [7, 11) is 0. The Morgan fingerprint density at radius 2 is 2.05 bits per heavy atom. The van der Waals surface area contributed by atoms with E-state index < -0.39 is 0 Å². The standard InChI is InChI=1S/C16H16N4O2/c1-9-7-14(20-19-9)15(21)18-13-6-4-5-12(8-13)16-17-10(2)11(3)22-16/h4-8H,1-3H3,(H,18,21)(H,19,20). The van der Waals surface area contributed by atoms with Gasteiger partial charge in [-0.15, -0.1) is 0 Å². The predicted molar refractivity (Wildman–Crippen MR) is 82.7 cm³/mol. The van der Waals surface area contributed by atoms with E-state index in [0.29, 0.717) is 17.3 Å². The maximum Gasteiger partial charge on any atom is 0.276 e. The minimum absolute atomic E-state index is 0.263. The number of oxazole rings is 1. The number of benzene rings is 1. The van der Waals surface area contributed by atoms with Gasteiger partial charge in [0.05, 0.1) is 5.69 Å². The van der Waals surface area contributed by atoms with E-state index in [-0.39, 0.29) is 5.91 Å². The Balaban J connectivity index is 1.83. The van der Waals surface area contributed by atoms with Crippen molar-refractivity contribution in [1.82, 2.24) is 15.2 Å². The van der Waals surface area contributed by atoms with Gasteiger partial charge in [-0.3, -0.25) is 9.89 Å². The van der Waals surface area contributed by atoms with Crippen molar-refractivity contribution in [2.45, 2.75) is 20.8 Å². The van der Waals surface area contributed by atoms with Gasteiger partial charge < -0.3 is 9.73 Å². The molecule has 0 fully saturated rings. The van der Waals surface area contributed by atoms with Crippen molar-refractivity contribution >= 4 is 11.6 Å². The van der Waals surface area contributed by atoms with Crippen molar-refractivity contribution in [3.8, 4) is 11.5 Å². The molecule has 0 aliphatic heterocycles. The molecule has 0 radical (unpaired) electrons. The summed E-state index contributed by atoms with van der Waals surface area (Å²) in [5.41, 5.74) is 3.52. The highest BCUT2D eigenvalue weighted by molar-refractivity contribution is 6.03. The van der Waals surface area contributed by atoms with Gasteiger partial charge in [-0.25, -0.2) is 4.98 Å². The molecular weight excluding hydrogens is 280 g/mol. The Bertz CT molecular complexity index is 813. The molecule has 1 amide bonds. The number of H-pyrrole nitrogens is 1. The van der Waals surface area contributed by atoms with E-state index in [2.05, 4.69) is 20.5 Å². The normalized spacial score (nSPS) is 10.7. The molecule has 0 bridgehead atoms. The summed E-state index contributed by atoms with van der Waals surface area (Å²) in [5, 5.41) is 9.50. The number of hydrogen-bond acceptors (Lipinski definition) is 4. The van der Waals surface area contributed by atoms with Crippen molar-refractivity contribution < 1.29 is 9.21 Å². The Kier molecular flexibility index (Phi) is 3.50. The molecule has 0 aliphatic carbocycles. The van der Waals surface area contributed by atoms with Crippen LogP contribution in [0.4, 0.5) is 5.69 Å². The third kappa shape index (κ3) is 2.76. The highest BCUT2D eigenvalue weighted by Crippen LogP contribution is 2.24. The average molecular weight is 296 g/mol. The third-order valence-corrected chi connectivity index (χ3v) is 3.33. The lowest BCUT2D eigenvalue weighted by Crippen LogP contribution is -2.12. The van der Waals surface area contributed by atoms with Crippen LogP contribution in [-0.4, -0.2) is 21.1 Å². The molecule has 0 atom stereocenters. The molecule has 3 rings (SSSR count). The second-order valence-electron chi connectivity index (χ2n) is 5.13. The van der Waals surface area contributed by atoms with Crippen LogP contribution in [0.2, 0.25) is 0 Å². The van der Waals surface area contributed by atoms with Gasteiger partial charge in [0.15, 0.2) is 5.69 Å². The number of carbonyl (C=O) groups excluding carboxylic acids is 1. The quantitative estimate of drug-likeness (QED) is 0.777. The summed E-state index contributed by atoms with van der Waals surface area (Å²) < 4.78 is 5.61. The summed E-state index contributed by atoms with van der Waals surface area (Å²) in [4.78, 5) is 16.5. The van der Waals surface area contributed by atoms with Gasteiger partial charge in [0, 0.05) is 16.9 Å². The van der Waals surface area contributed by atoms with E-state index in [0.717, 1.165) is 22.7 Å². The molecule has 2 aromatic heterocycles. The van der Waals surface area contributed by atoms with Crippen molar-refractivity contribution in [3.05, 3.63) is 53.2 Å². The maximum absolute atomic E-state index is 12.1. The van der Waals surface area contributed by atoms with Crippen LogP contribution in [-0.2, 0) is 0 Å². The van der Waals surface area contributed by atoms with E-state index in [1.807, 2.05) is 45.0 Å². The zero-order valence-corrected chi connectivity index (χ0v) is 12.6. The number of hydrogen-bond donors (Lipinski definition) is 2. The van der Waals surface area contributed by atoms with Crippen molar-refractivity contribution in [2.24, 2.45) is 0 Å². The van der Waals surface area contributed by atoms with Crippen LogP contribution in [0, 0.1) is 20.8 Å². The SMILES string of the molecule is Cc1cc(C(=O)Nc2cccc(-c3nc(C)c(C)o3)c2)n[nH]1. The molecule has 0 saturated heterocycles. The lowest BCUT2D eigenvalue weighted by Gasteiger charge is -2.04. The zero-order chi connectivity index (χ0) is 15.7. The van der Waals surface area contributed by atoms with E-state index in [9.17, 15) is 4.79 Å². The molecule has 0 saturated carbocycles. The summed E-state index contributed by atoms with van der Waals surface area (Å²) in [5.74, 6) is 1.07. The van der Waals surface area contributed by atoms with Crippen LogP contribution < -0.4 is 5.32 Å². The van der Waals surface area contributed by atoms with Crippen LogP contribution in [0.15, 0.2) is 34.7 Å². The lowest BCUT2D eigenvalue weighted by atomic mass is 10.2. The van der Waals surface area contributed by atoms with Crippen LogP contribution in [0.5, 0.6) is 0 Å². The van der Waals surface area contributed by atoms with E-state index in [1.165, 1.54) is 0 Å². The number of anilines is 1. The molecule has 0 unspecified atom stereocenters. The smallest absolute Gasteiger partial charge is 0.276 e. The van der Waals surface area contributed by atoms with E-state index in [1.54, 1.807) is 6.07 Å². The fourth-order valence-corrected chi connectivity index (χ4v) is 2.06. The molecule has 0 spiro atoms. The predicted octanol–water partition coefficient (Wildman–Crippen LogP) is 3.24. The maximum atomic E-state index is 12.1. The molecule has 22 heavy (non-hydrogen) atoms. The molecule has 1 aromatic carbocycles. The Morgan fingerprint density at radius 1 is 1.23 bits per heavy atom. The summed E-state index contributed by atoms with van der Waals surface area (Å²) in [6.07, 6.45) is 0. The zero-order valence-electron chi connectivity index (χ0n) is 12.6. The van der Waals surface area contributed by atoms with Crippen LogP contribution >= 0.6 is 0 Å². The number of nitrogens with one attached hydrogen (secondary N) is 2. The fourth-order valence-electron chi connectivity index (χ4n) is 2.06. The van der Waals surface area contributed by atoms with Gasteiger partial charge in [-0.05, 0) is 45.0 Å².